The van der Waals surface area contributed by atoms with E-state index in [0.717, 1.165) is 10.0 Å². The van der Waals surface area contributed by atoms with Gasteiger partial charge in [-0.1, -0.05) is 39.7 Å². The second kappa shape index (κ2) is 6.56. The molecule has 0 bridgehead atoms. The third-order valence-corrected chi connectivity index (χ3v) is 3.95. The molecule has 0 spiro atoms. The summed E-state index contributed by atoms with van der Waals surface area (Å²) in [6, 6.07) is 12.6. The summed E-state index contributed by atoms with van der Waals surface area (Å²) in [4.78, 5) is 16.3. The number of esters is 1. The normalized spacial score (nSPS) is 15.5. The van der Waals surface area contributed by atoms with Gasteiger partial charge in [-0.2, -0.15) is 0 Å². The van der Waals surface area contributed by atoms with Crippen LogP contribution in [0, 0.1) is 0 Å². The summed E-state index contributed by atoms with van der Waals surface area (Å²) in [6.45, 7) is 0. The maximum Gasteiger partial charge on any atom is 0.363 e. The Bertz CT molecular complexity index is 828. The van der Waals surface area contributed by atoms with Crippen LogP contribution in [0.25, 0.3) is 6.08 Å². The zero-order valence-electron chi connectivity index (χ0n) is 12.0. The monoisotopic (exact) mass is 391 g/mol. The zero-order chi connectivity index (χ0) is 16.4. The van der Waals surface area contributed by atoms with Crippen molar-refractivity contribution in [2.45, 2.75) is 0 Å². The van der Waals surface area contributed by atoms with Gasteiger partial charge in [0, 0.05) is 9.50 Å². The average Bonchev–Trinajstić information content (AvgIpc) is 2.90. The molecule has 0 saturated carbocycles. The van der Waals surface area contributed by atoms with Gasteiger partial charge >= 0.3 is 5.97 Å². The lowest BCUT2D eigenvalue weighted by Crippen LogP contribution is -2.07. The van der Waals surface area contributed by atoms with E-state index in [1.165, 1.54) is 7.11 Å². The van der Waals surface area contributed by atoms with Crippen LogP contribution in [0.2, 0.25) is 5.02 Å². The SMILES string of the molecule is COc1ccc(Cl)cc1C1=N/C(=C/c2ccc(Br)cc2)C(=O)O1. The van der Waals surface area contributed by atoms with Crippen molar-refractivity contribution < 1.29 is 14.3 Å². The lowest BCUT2D eigenvalue weighted by atomic mass is 10.2. The van der Waals surface area contributed by atoms with E-state index in [1.807, 2.05) is 24.3 Å². The van der Waals surface area contributed by atoms with Gasteiger partial charge in [0.2, 0.25) is 5.90 Å². The minimum Gasteiger partial charge on any atom is -0.496 e. The molecular weight excluding hydrogens is 382 g/mol. The lowest BCUT2D eigenvalue weighted by Gasteiger charge is -2.07. The van der Waals surface area contributed by atoms with E-state index in [1.54, 1.807) is 24.3 Å². The number of ether oxygens (including phenoxy) is 2. The third kappa shape index (κ3) is 3.46. The molecule has 0 N–H and O–H groups in total. The highest BCUT2D eigenvalue weighted by Crippen LogP contribution is 2.27. The maximum absolute atomic E-state index is 12.0. The molecule has 0 aliphatic carbocycles. The largest absolute Gasteiger partial charge is 0.496 e. The van der Waals surface area contributed by atoms with Crippen molar-refractivity contribution in [3.8, 4) is 5.75 Å². The average molecular weight is 393 g/mol. The summed E-state index contributed by atoms with van der Waals surface area (Å²) in [6.07, 6.45) is 1.67. The second-order valence-electron chi connectivity index (χ2n) is 4.73. The van der Waals surface area contributed by atoms with Crippen LogP contribution in [-0.4, -0.2) is 19.0 Å². The summed E-state index contributed by atoms with van der Waals surface area (Å²) in [5.74, 6) is 0.202. The summed E-state index contributed by atoms with van der Waals surface area (Å²) in [5.41, 5.74) is 1.61. The van der Waals surface area contributed by atoms with Crippen molar-refractivity contribution in [1.29, 1.82) is 0 Å². The number of aliphatic imine (C=N–C) groups is 1. The molecule has 116 valence electrons. The summed E-state index contributed by atoms with van der Waals surface area (Å²) in [7, 11) is 1.53. The molecular formula is C17H11BrClNO3. The number of benzene rings is 2. The Hall–Kier alpha value is -2.11. The van der Waals surface area contributed by atoms with Crippen LogP contribution in [-0.2, 0) is 9.53 Å². The molecule has 3 rings (SSSR count). The first-order valence-electron chi connectivity index (χ1n) is 6.69. The molecule has 4 nitrogen and oxygen atoms in total. The fourth-order valence-electron chi connectivity index (χ4n) is 2.09. The first-order valence-corrected chi connectivity index (χ1v) is 7.86. The molecule has 1 aliphatic rings. The number of hydrogen-bond acceptors (Lipinski definition) is 4. The fourth-order valence-corrected chi connectivity index (χ4v) is 2.53. The van der Waals surface area contributed by atoms with E-state index < -0.39 is 5.97 Å². The first-order chi connectivity index (χ1) is 11.1. The van der Waals surface area contributed by atoms with Gasteiger partial charge in [-0.05, 0) is 42.0 Å². The van der Waals surface area contributed by atoms with Crippen LogP contribution in [0.15, 0.2) is 57.6 Å². The number of cyclic esters (lactones) is 1. The standard InChI is InChI=1S/C17H11BrClNO3/c1-22-15-7-6-12(19)9-13(15)16-20-14(17(21)23-16)8-10-2-4-11(18)5-3-10/h2-9H,1H3/b14-8+. The molecule has 23 heavy (non-hydrogen) atoms. The van der Waals surface area contributed by atoms with Crippen molar-refractivity contribution in [2.24, 2.45) is 4.99 Å². The van der Waals surface area contributed by atoms with E-state index in [4.69, 9.17) is 21.1 Å². The number of nitrogens with zero attached hydrogens (tertiary/aromatic N) is 1. The van der Waals surface area contributed by atoms with E-state index >= 15 is 0 Å². The van der Waals surface area contributed by atoms with Crippen molar-refractivity contribution in [3.63, 3.8) is 0 Å². The highest BCUT2D eigenvalue weighted by molar-refractivity contribution is 9.10. The van der Waals surface area contributed by atoms with Gasteiger partial charge in [0.1, 0.15) is 5.75 Å². The minimum atomic E-state index is -0.509. The molecule has 0 aromatic heterocycles. The summed E-state index contributed by atoms with van der Waals surface area (Å²) >= 11 is 9.37. The van der Waals surface area contributed by atoms with Gasteiger partial charge in [-0.3, -0.25) is 0 Å². The summed E-state index contributed by atoms with van der Waals surface area (Å²) < 4.78 is 11.5. The molecule has 0 amide bonds. The number of halogens is 2. The smallest absolute Gasteiger partial charge is 0.363 e. The van der Waals surface area contributed by atoms with Gasteiger partial charge in [-0.25, -0.2) is 9.79 Å². The number of carbonyl (C=O) groups excluding carboxylic acids is 1. The minimum absolute atomic E-state index is 0.178. The molecule has 6 heteroatoms. The van der Waals surface area contributed by atoms with E-state index in [-0.39, 0.29) is 11.6 Å². The lowest BCUT2D eigenvalue weighted by molar-refractivity contribution is -0.129. The van der Waals surface area contributed by atoms with Gasteiger partial charge in [0.25, 0.3) is 0 Å². The Labute approximate surface area is 146 Å². The Morgan fingerprint density at radius 1 is 1.22 bits per heavy atom. The van der Waals surface area contributed by atoms with Crippen molar-refractivity contribution >= 4 is 45.5 Å². The topological polar surface area (TPSA) is 47.9 Å². The first kappa shape index (κ1) is 15.8. The maximum atomic E-state index is 12.0. The van der Waals surface area contributed by atoms with Gasteiger partial charge < -0.3 is 9.47 Å². The Morgan fingerprint density at radius 3 is 2.65 bits per heavy atom. The Kier molecular flexibility index (Phi) is 4.50. The van der Waals surface area contributed by atoms with Crippen LogP contribution < -0.4 is 4.74 Å². The molecule has 0 saturated heterocycles. The Balaban J connectivity index is 1.98. The number of methoxy groups -OCH3 is 1. The fraction of sp³-hybridized carbons (Fsp3) is 0.0588. The number of carbonyl (C=O) groups is 1. The highest BCUT2D eigenvalue weighted by Gasteiger charge is 2.26. The molecule has 1 heterocycles. The predicted molar refractivity (Wildman–Crippen MR) is 92.8 cm³/mol. The van der Waals surface area contributed by atoms with Crippen molar-refractivity contribution in [2.75, 3.05) is 7.11 Å². The molecule has 0 unspecified atom stereocenters. The molecule has 0 atom stereocenters. The van der Waals surface area contributed by atoms with Crippen LogP contribution >= 0.6 is 27.5 Å². The molecule has 2 aromatic rings. The molecule has 0 radical (unpaired) electrons. The molecule has 2 aromatic carbocycles. The highest BCUT2D eigenvalue weighted by atomic mass is 79.9. The third-order valence-electron chi connectivity index (χ3n) is 3.19. The van der Waals surface area contributed by atoms with Crippen LogP contribution in [0.5, 0.6) is 5.75 Å². The van der Waals surface area contributed by atoms with Gasteiger partial charge in [-0.15, -0.1) is 0 Å². The zero-order valence-corrected chi connectivity index (χ0v) is 14.4. The molecule has 1 aliphatic heterocycles. The van der Waals surface area contributed by atoms with Crippen LogP contribution in [0.3, 0.4) is 0 Å². The van der Waals surface area contributed by atoms with E-state index in [2.05, 4.69) is 20.9 Å². The predicted octanol–water partition coefficient (Wildman–Crippen LogP) is 4.46. The van der Waals surface area contributed by atoms with Crippen LogP contribution in [0.4, 0.5) is 0 Å². The van der Waals surface area contributed by atoms with E-state index in [0.29, 0.717) is 16.3 Å². The van der Waals surface area contributed by atoms with E-state index in [9.17, 15) is 4.79 Å². The van der Waals surface area contributed by atoms with Crippen molar-refractivity contribution in [3.05, 3.63) is 68.8 Å². The Morgan fingerprint density at radius 2 is 1.96 bits per heavy atom. The second-order valence-corrected chi connectivity index (χ2v) is 6.08. The van der Waals surface area contributed by atoms with Crippen LogP contribution in [0.1, 0.15) is 11.1 Å². The van der Waals surface area contributed by atoms with Gasteiger partial charge in [0.15, 0.2) is 5.70 Å². The van der Waals surface area contributed by atoms with Gasteiger partial charge in [0.05, 0.1) is 12.7 Å². The van der Waals surface area contributed by atoms with Crippen molar-refractivity contribution in [1.82, 2.24) is 0 Å². The summed E-state index contributed by atoms with van der Waals surface area (Å²) in [5, 5.41) is 0.505. The quantitative estimate of drug-likeness (QED) is 0.572. The number of rotatable bonds is 3. The number of hydrogen-bond donors (Lipinski definition) is 0. The molecule has 0 fully saturated rings.